The summed E-state index contributed by atoms with van der Waals surface area (Å²) in [5.74, 6) is 1.86. The van der Waals surface area contributed by atoms with Crippen molar-refractivity contribution < 1.29 is 0 Å². The molecule has 2 heterocycles. The van der Waals surface area contributed by atoms with Crippen LogP contribution >= 0.6 is 0 Å². The van der Waals surface area contributed by atoms with Crippen LogP contribution in [0.3, 0.4) is 0 Å². The van der Waals surface area contributed by atoms with Crippen LogP contribution in [0.5, 0.6) is 0 Å². The van der Waals surface area contributed by atoms with E-state index < -0.39 is 0 Å². The zero-order chi connectivity index (χ0) is 44.3. The molecule has 11 aromatic carbocycles. The molecule has 2 aromatic heterocycles. The molecule has 0 fully saturated rings. The van der Waals surface area contributed by atoms with Gasteiger partial charge in [0.2, 0.25) is 0 Å². The first kappa shape index (κ1) is 38.5. The van der Waals surface area contributed by atoms with Crippen molar-refractivity contribution in [1.82, 2.24) is 19.5 Å². The van der Waals surface area contributed by atoms with E-state index in [2.05, 4.69) is 241 Å². The number of nitrogens with zero attached hydrogens (tertiary/aromatic N) is 4. The van der Waals surface area contributed by atoms with Crippen LogP contribution in [-0.2, 0) is 0 Å². The molecule has 4 nitrogen and oxygen atoms in total. The van der Waals surface area contributed by atoms with Gasteiger partial charge in [0.05, 0.1) is 11.0 Å². The van der Waals surface area contributed by atoms with Crippen LogP contribution in [0, 0.1) is 0 Å². The molecule has 0 aliphatic heterocycles. The summed E-state index contributed by atoms with van der Waals surface area (Å²) in [6, 6.07) is 86.5. The molecule has 0 saturated carbocycles. The monoisotopic (exact) mass is 852 g/mol. The van der Waals surface area contributed by atoms with Crippen molar-refractivity contribution in [1.29, 1.82) is 0 Å². The number of hydrogen-bond donors (Lipinski definition) is 0. The lowest BCUT2D eigenvalue weighted by atomic mass is 9.89. The molecular formula is C63H40N4. The summed E-state index contributed by atoms with van der Waals surface area (Å²) in [4.78, 5) is 15.6. The summed E-state index contributed by atoms with van der Waals surface area (Å²) < 4.78 is 2.35. The molecule has 4 heteroatoms. The van der Waals surface area contributed by atoms with Crippen molar-refractivity contribution >= 4 is 54.1 Å². The Bertz CT molecular complexity index is 4010. The zero-order valence-electron chi connectivity index (χ0n) is 36.4. The first-order chi connectivity index (χ1) is 33.2. The van der Waals surface area contributed by atoms with Crippen molar-refractivity contribution in [3.05, 3.63) is 243 Å². The summed E-state index contributed by atoms with van der Waals surface area (Å²) in [5, 5.41) is 9.87. The Labute approximate surface area is 387 Å². The standard InChI is InChI=1S/C63H40N4/c1-3-14-41(15-4-1)47-18-13-19-50(38-47)63-65-61(45-30-26-42(27-31-45)48-35-37-59-57(39-48)54-24-11-12-25-58(54)67(59)51-20-5-2-6-21-51)64-62(66-63)46-32-28-44(29-33-46)60-53-23-10-8-17-49(53)40-56-52-22-9-7-16-43(52)34-36-55(56)60/h1-40H. The number of fused-ring (bicyclic) bond motifs is 7. The van der Waals surface area contributed by atoms with Gasteiger partial charge in [-0.05, 0) is 108 Å². The average Bonchev–Trinajstić information content (AvgIpc) is 3.74. The third-order valence-corrected chi connectivity index (χ3v) is 13.2. The minimum absolute atomic E-state index is 0.619. The van der Waals surface area contributed by atoms with Gasteiger partial charge in [0.1, 0.15) is 0 Å². The quantitative estimate of drug-likeness (QED) is 0.118. The van der Waals surface area contributed by atoms with Gasteiger partial charge in [-0.25, -0.2) is 15.0 Å². The van der Waals surface area contributed by atoms with Crippen LogP contribution in [0.4, 0.5) is 0 Å². The molecule has 0 aliphatic rings. The van der Waals surface area contributed by atoms with Gasteiger partial charge < -0.3 is 4.57 Å². The molecule has 0 N–H and O–H groups in total. The van der Waals surface area contributed by atoms with Crippen LogP contribution in [0.25, 0.3) is 127 Å². The highest BCUT2D eigenvalue weighted by Crippen LogP contribution is 2.41. The Morgan fingerprint density at radius 2 is 0.746 bits per heavy atom. The second-order valence-corrected chi connectivity index (χ2v) is 17.2. The molecule has 312 valence electrons. The molecule has 67 heavy (non-hydrogen) atoms. The van der Waals surface area contributed by atoms with E-state index in [4.69, 9.17) is 15.0 Å². The van der Waals surface area contributed by atoms with E-state index in [1.165, 1.54) is 59.7 Å². The van der Waals surface area contributed by atoms with E-state index in [1.807, 2.05) is 6.07 Å². The number of para-hydroxylation sites is 2. The number of benzene rings is 11. The fraction of sp³-hybridized carbons (Fsp3) is 0. The van der Waals surface area contributed by atoms with E-state index in [1.54, 1.807) is 0 Å². The van der Waals surface area contributed by atoms with Gasteiger partial charge >= 0.3 is 0 Å². The molecule has 0 bridgehead atoms. The highest BCUT2D eigenvalue weighted by atomic mass is 15.0. The molecule has 0 saturated heterocycles. The molecular weight excluding hydrogens is 813 g/mol. The van der Waals surface area contributed by atoms with Gasteiger partial charge in [-0.3, -0.25) is 0 Å². The molecule has 0 atom stereocenters. The van der Waals surface area contributed by atoms with Crippen molar-refractivity contribution in [3.63, 3.8) is 0 Å². The topological polar surface area (TPSA) is 43.6 Å². The van der Waals surface area contributed by atoms with Crippen molar-refractivity contribution in [2.45, 2.75) is 0 Å². The molecule has 0 aliphatic carbocycles. The lowest BCUT2D eigenvalue weighted by Crippen LogP contribution is -2.00. The normalized spacial score (nSPS) is 11.6. The third-order valence-electron chi connectivity index (χ3n) is 13.2. The largest absolute Gasteiger partial charge is 0.309 e. The smallest absolute Gasteiger partial charge is 0.164 e. The van der Waals surface area contributed by atoms with Gasteiger partial charge in [-0.2, -0.15) is 0 Å². The predicted molar refractivity (Wildman–Crippen MR) is 279 cm³/mol. The fourth-order valence-electron chi connectivity index (χ4n) is 9.97. The average molecular weight is 853 g/mol. The Balaban J connectivity index is 0.913. The summed E-state index contributed by atoms with van der Waals surface area (Å²) in [5.41, 5.74) is 13.2. The first-order valence-corrected chi connectivity index (χ1v) is 22.8. The van der Waals surface area contributed by atoms with Crippen LogP contribution < -0.4 is 0 Å². The van der Waals surface area contributed by atoms with E-state index >= 15 is 0 Å². The van der Waals surface area contributed by atoms with Crippen LogP contribution in [-0.4, -0.2) is 19.5 Å². The number of rotatable bonds is 7. The minimum Gasteiger partial charge on any atom is -0.309 e. The Hall–Kier alpha value is -8.99. The first-order valence-electron chi connectivity index (χ1n) is 22.8. The Morgan fingerprint density at radius 3 is 1.49 bits per heavy atom. The van der Waals surface area contributed by atoms with E-state index in [0.717, 1.165) is 50.2 Å². The van der Waals surface area contributed by atoms with Gasteiger partial charge in [0.25, 0.3) is 0 Å². The third kappa shape index (κ3) is 6.74. The zero-order valence-corrected chi connectivity index (χ0v) is 36.4. The van der Waals surface area contributed by atoms with Crippen LogP contribution in [0.15, 0.2) is 243 Å². The summed E-state index contributed by atoms with van der Waals surface area (Å²) >= 11 is 0. The van der Waals surface area contributed by atoms with E-state index in [-0.39, 0.29) is 0 Å². The van der Waals surface area contributed by atoms with Gasteiger partial charge in [0, 0.05) is 33.2 Å². The highest BCUT2D eigenvalue weighted by molar-refractivity contribution is 6.20. The fourth-order valence-corrected chi connectivity index (χ4v) is 9.97. The highest BCUT2D eigenvalue weighted by Gasteiger charge is 2.17. The maximum Gasteiger partial charge on any atom is 0.164 e. The minimum atomic E-state index is 0.619. The van der Waals surface area contributed by atoms with E-state index in [9.17, 15) is 0 Å². The Kier molecular flexibility index (Phi) is 9.14. The maximum atomic E-state index is 5.20. The van der Waals surface area contributed by atoms with Gasteiger partial charge in [0.15, 0.2) is 17.5 Å². The summed E-state index contributed by atoms with van der Waals surface area (Å²) in [6.45, 7) is 0. The summed E-state index contributed by atoms with van der Waals surface area (Å²) in [6.07, 6.45) is 0. The van der Waals surface area contributed by atoms with Gasteiger partial charge in [-0.1, -0.05) is 200 Å². The Morgan fingerprint density at radius 1 is 0.239 bits per heavy atom. The lowest BCUT2D eigenvalue weighted by molar-refractivity contribution is 1.07. The maximum absolute atomic E-state index is 5.20. The SMILES string of the molecule is c1ccc(-c2cccc(-c3nc(-c4ccc(-c5ccc6c(c5)c5ccccc5n6-c5ccccc5)cc4)nc(-c4ccc(-c5c6ccccc6cc6c5ccc5ccccc56)cc4)n3)c2)cc1. The van der Waals surface area contributed by atoms with Gasteiger partial charge in [-0.15, -0.1) is 0 Å². The van der Waals surface area contributed by atoms with Crippen molar-refractivity contribution in [3.8, 4) is 73.2 Å². The molecule has 13 rings (SSSR count). The molecule has 0 spiro atoms. The number of hydrogen-bond acceptors (Lipinski definition) is 3. The van der Waals surface area contributed by atoms with Crippen LogP contribution in [0.1, 0.15) is 0 Å². The van der Waals surface area contributed by atoms with Crippen LogP contribution in [0.2, 0.25) is 0 Å². The van der Waals surface area contributed by atoms with E-state index in [0.29, 0.717) is 17.5 Å². The summed E-state index contributed by atoms with van der Waals surface area (Å²) in [7, 11) is 0. The van der Waals surface area contributed by atoms with Crippen molar-refractivity contribution in [2.24, 2.45) is 0 Å². The lowest BCUT2D eigenvalue weighted by Gasteiger charge is -2.14. The predicted octanol–water partition coefficient (Wildman–Crippen LogP) is 16.4. The second-order valence-electron chi connectivity index (χ2n) is 17.2. The molecule has 0 radical (unpaired) electrons. The van der Waals surface area contributed by atoms with Crippen molar-refractivity contribution in [2.75, 3.05) is 0 Å². The molecule has 13 aromatic rings. The molecule has 0 amide bonds. The number of aromatic nitrogens is 4. The molecule has 0 unspecified atom stereocenters. The second kappa shape index (κ2) is 15.9.